The standard InChI is InChI=1S/C24H19N3O2S2/c25-24-27(31-23(30-24)18-14-8-3-9-15-18)20(16-10-4-1-5-11-16)19-22(28)29-21(26-19)17-12-6-2-7-13-17/h1-15,19-20,23,25H/t19-,20+,23?/m0/s1. The second-order valence-electron chi connectivity index (χ2n) is 7.12. The number of hydrogen-bond acceptors (Lipinski definition) is 6. The molecule has 2 aliphatic rings. The van der Waals surface area contributed by atoms with E-state index < -0.39 is 18.1 Å². The van der Waals surface area contributed by atoms with Gasteiger partial charge in [-0.1, -0.05) is 90.6 Å². The highest BCUT2D eigenvalue weighted by Crippen LogP contribution is 2.53. The number of aliphatic imine (C=N–C) groups is 1. The zero-order chi connectivity index (χ0) is 21.2. The number of carbonyl (C=O) groups is 1. The van der Waals surface area contributed by atoms with Gasteiger partial charge in [-0.3, -0.25) is 9.71 Å². The van der Waals surface area contributed by atoms with Crippen LogP contribution in [0.4, 0.5) is 0 Å². The number of ether oxygens (including phenoxy) is 1. The molecule has 5 rings (SSSR count). The van der Waals surface area contributed by atoms with E-state index in [9.17, 15) is 4.79 Å². The van der Waals surface area contributed by atoms with Crippen molar-refractivity contribution in [1.82, 2.24) is 4.31 Å². The van der Waals surface area contributed by atoms with Gasteiger partial charge in [0.2, 0.25) is 5.90 Å². The number of nitrogens with zero attached hydrogens (tertiary/aromatic N) is 2. The molecular formula is C24H19N3O2S2. The maximum Gasteiger partial charge on any atom is 0.340 e. The van der Waals surface area contributed by atoms with E-state index in [1.807, 2.05) is 83.2 Å². The van der Waals surface area contributed by atoms with Gasteiger partial charge in [-0.25, -0.2) is 9.79 Å². The normalized spacial score (nSPS) is 21.7. The van der Waals surface area contributed by atoms with Crippen LogP contribution in [-0.2, 0) is 9.53 Å². The van der Waals surface area contributed by atoms with Gasteiger partial charge in [0.05, 0.1) is 0 Å². The number of cyclic esters (lactones) is 1. The summed E-state index contributed by atoms with van der Waals surface area (Å²) >= 11 is 3.03. The summed E-state index contributed by atoms with van der Waals surface area (Å²) in [6, 6.07) is 28.1. The van der Waals surface area contributed by atoms with Crippen molar-refractivity contribution in [3.8, 4) is 0 Å². The van der Waals surface area contributed by atoms with Crippen LogP contribution < -0.4 is 0 Å². The molecule has 7 heteroatoms. The Bertz CT molecular complexity index is 1120. The van der Waals surface area contributed by atoms with Crippen molar-refractivity contribution in [1.29, 1.82) is 5.41 Å². The van der Waals surface area contributed by atoms with Gasteiger partial charge in [0.25, 0.3) is 0 Å². The zero-order valence-electron chi connectivity index (χ0n) is 16.4. The lowest BCUT2D eigenvalue weighted by Gasteiger charge is -2.29. The third-order valence-electron chi connectivity index (χ3n) is 5.11. The highest BCUT2D eigenvalue weighted by atomic mass is 32.2. The minimum Gasteiger partial charge on any atom is -0.405 e. The Hall–Kier alpha value is -3.03. The summed E-state index contributed by atoms with van der Waals surface area (Å²) in [5.41, 5.74) is 2.83. The van der Waals surface area contributed by atoms with Crippen LogP contribution in [0.2, 0.25) is 0 Å². The minimum absolute atomic E-state index is 0.0508. The van der Waals surface area contributed by atoms with Gasteiger partial charge in [-0.05, 0) is 35.2 Å². The van der Waals surface area contributed by atoms with Crippen LogP contribution in [0.1, 0.15) is 27.3 Å². The summed E-state index contributed by atoms with van der Waals surface area (Å²) in [5, 5.41) is 9.08. The highest BCUT2D eigenvalue weighted by molar-refractivity contribution is 8.27. The fourth-order valence-electron chi connectivity index (χ4n) is 3.63. The molecule has 3 aromatic carbocycles. The molecule has 1 unspecified atom stereocenters. The van der Waals surface area contributed by atoms with E-state index in [-0.39, 0.29) is 4.58 Å². The predicted molar refractivity (Wildman–Crippen MR) is 126 cm³/mol. The summed E-state index contributed by atoms with van der Waals surface area (Å²) < 4.78 is 7.52. The van der Waals surface area contributed by atoms with Gasteiger partial charge in [0.1, 0.15) is 10.6 Å². The summed E-state index contributed by atoms with van der Waals surface area (Å²) in [4.78, 5) is 17.6. The topological polar surface area (TPSA) is 65.8 Å². The molecule has 0 amide bonds. The van der Waals surface area contributed by atoms with Gasteiger partial charge in [-0.2, -0.15) is 0 Å². The molecule has 0 aromatic heterocycles. The largest absolute Gasteiger partial charge is 0.405 e. The molecule has 2 heterocycles. The molecule has 0 saturated carbocycles. The molecule has 0 radical (unpaired) electrons. The third kappa shape index (κ3) is 3.98. The maximum atomic E-state index is 12.9. The van der Waals surface area contributed by atoms with E-state index in [0.717, 1.165) is 16.7 Å². The van der Waals surface area contributed by atoms with E-state index >= 15 is 0 Å². The van der Waals surface area contributed by atoms with Gasteiger partial charge in [0.15, 0.2) is 11.2 Å². The second kappa shape index (κ2) is 8.61. The van der Waals surface area contributed by atoms with E-state index in [1.165, 1.54) is 11.8 Å². The average Bonchev–Trinajstić information content (AvgIpc) is 3.39. The molecule has 5 nitrogen and oxygen atoms in total. The molecular weight excluding hydrogens is 426 g/mol. The monoisotopic (exact) mass is 445 g/mol. The summed E-state index contributed by atoms with van der Waals surface area (Å²) in [7, 11) is 0. The molecule has 0 spiro atoms. The van der Waals surface area contributed by atoms with Crippen LogP contribution in [0.3, 0.4) is 0 Å². The van der Waals surface area contributed by atoms with Gasteiger partial charge >= 0.3 is 5.97 Å². The fraction of sp³-hybridized carbons (Fsp3) is 0.125. The number of rotatable bonds is 5. The minimum atomic E-state index is -0.749. The third-order valence-corrected chi connectivity index (χ3v) is 7.78. The lowest BCUT2D eigenvalue weighted by molar-refractivity contribution is -0.135. The molecule has 31 heavy (non-hydrogen) atoms. The number of benzene rings is 3. The number of hydrogen-bond donors (Lipinski definition) is 1. The molecule has 1 saturated heterocycles. The first kappa shape index (κ1) is 19.9. The van der Waals surface area contributed by atoms with Crippen LogP contribution in [-0.4, -0.2) is 27.4 Å². The SMILES string of the molecule is N=C1SC(c2ccccc2)SN1[C@H](c1ccccc1)[C@@H]1N=C(c2ccccc2)OC1=O. The lowest BCUT2D eigenvalue weighted by atomic mass is 10.00. The molecule has 3 aromatic rings. The average molecular weight is 446 g/mol. The second-order valence-corrected chi connectivity index (χ2v) is 9.59. The summed E-state index contributed by atoms with van der Waals surface area (Å²) in [6.45, 7) is 0. The Morgan fingerprint density at radius 2 is 1.52 bits per heavy atom. The van der Waals surface area contributed by atoms with Crippen molar-refractivity contribution in [2.24, 2.45) is 4.99 Å². The van der Waals surface area contributed by atoms with Crippen molar-refractivity contribution < 1.29 is 9.53 Å². The van der Waals surface area contributed by atoms with Crippen molar-refractivity contribution in [3.63, 3.8) is 0 Å². The Kier molecular flexibility index (Phi) is 5.53. The van der Waals surface area contributed by atoms with Crippen LogP contribution in [0.25, 0.3) is 0 Å². The van der Waals surface area contributed by atoms with Crippen LogP contribution in [0.15, 0.2) is 96.0 Å². The van der Waals surface area contributed by atoms with Crippen molar-refractivity contribution in [2.75, 3.05) is 0 Å². The number of thioether (sulfide) groups is 1. The van der Waals surface area contributed by atoms with Crippen LogP contribution >= 0.6 is 23.7 Å². The van der Waals surface area contributed by atoms with Gasteiger partial charge in [-0.15, -0.1) is 0 Å². The molecule has 154 valence electrons. The van der Waals surface area contributed by atoms with Crippen LogP contribution in [0, 0.1) is 5.41 Å². The number of carbonyl (C=O) groups excluding carboxylic acids is 1. The fourth-order valence-corrected chi connectivity index (χ4v) is 6.27. The lowest BCUT2D eigenvalue weighted by Crippen LogP contribution is -2.35. The molecule has 0 aliphatic carbocycles. The molecule has 2 aliphatic heterocycles. The van der Waals surface area contributed by atoms with Crippen molar-refractivity contribution in [2.45, 2.75) is 16.7 Å². The molecule has 1 fully saturated rings. The maximum absolute atomic E-state index is 12.9. The van der Waals surface area contributed by atoms with Crippen molar-refractivity contribution in [3.05, 3.63) is 108 Å². The molecule has 0 bridgehead atoms. The van der Waals surface area contributed by atoms with E-state index in [1.54, 1.807) is 11.9 Å². The van der Waals surface area contributed by atoms with E-state index in [2.05, 4.69) is 17.1 Å². The van der Waals surface area contributed by atoms with Crippen molar-refractivity contribution >= 4 is 40.7 Å². The zero-order valence-corrected chi connectivity index (χ0v) is 18.1. The first-order chi connectivity index (χ1) is 15.2. The van der Waals surface area contributed by atoms with Gasteiger partial charge in [0, 0.05) is 5.56 Å². The Balaban J connectivity index is 1.51. The Morgan fingerprint density at radius 3 is 2.19 bits per heavy atom. The Morgan fingerprint density at radius 1 is 0.903 bits per heavy atom. The first-order valence-electron chi connectivity index (χ1n) is 9.87. The highest BCUT2D eigenvalue weighted by Gasteiger charge is 2.45. The predicted octanol–water partition coefficient (Wildman–Crippen LogP) is 5.43. The summed E-state index contributed by atoms with van der Waals surface area (Å²) in [6.07, 6.45) is 0. The van der Waals surface area contributed by atoms with Crippen LogP contribution in [0.5, 0.6) is 0 Å². The van der Waals surface area contributed by atoms with E-state index in [4.69, 9.17) is 10.1 Å². The molecule has 1 N–H and O–H groups in total. The number of nitrogens with one attached hydrogen (secondary N) is 1. The summed E-state index contributed by atoms with van der Waals surface area (Å²) in [5.74, 6) is -0.0613. The Labute approximate surface area is 189 Å². The van der Waals surface area contributed by atoms with E-state index in [0.29, 0.717) is 11.1 Å². The van der Waals surface area contributed by atoms with Gasteiger partial charge < -0.3 is 4.74 Å². The smallest absolute Gasteiger partial charge is 0.340 e. The number of amidine groups is 1. The number of esters is 1. The molecule has 3 atom stereocenters. The first-order valence-corrected chi connectivity index (χ1v) is 11.6. The quantitative estimate of drug-likeness (QED) is 0.419.